The molecular formula is C13H16N2O2. The summed E-state index contributed by atoms with van der Waals surface area (Å²) in [6.07, 6.45) is 2.58. The van der Waals surface area contributed by atoms with Crippen LogP contribution in [0.4, 0.5) is 0 Å². The normalized spacial score (nSPS) is 10.5. The zero-order chi connectivity index (χ0) is 12.1. The molecule has 0 unspecified atom stereocenters. The van der Waals surface area contributed by atoms with Crippen molar-refractivity contribution in [3.8, 4) is 5.75 Å². The molecule has 1 N–H and O–H groups in total. The quantitative estimate of drug-likeness (QED) is 0.850. The van der Waals surface area contributed by atoms with Gasteiger partial charge in [-0.15, -0.1) is 0 Å². The number of aliphatic hydroxyl groups is 1. The number of benzene rings is 1. The molecule has 0 saturated heterocycles. The Morgan fingerprint density at radius 3 is 2.82 bits per heavy atom. The molecule has 0 saturated carbocycles. The topological polar surface area (TPSA) is 47.3 Å². The molecule has 0 radical (unpaired) electrons. The van der Waals surface area contributed by atoms with Gasteiger partial charge in [-0.05, 0) is 12.1 Å². The van der Waals surface area contributed by atoms with E-state index in [1.165, 1.54) is 0 Å². The maximum atomic E-state index is 9.15. The van der Waals surface area contributed by atoms with Crippen molar-refractivity contribution in [1.82, 2.24) is 9.78 Å². The lowest BCUT2D eigenvalue weighted by atomic mass is 10.2. The van der Waals surface area contributed by atoms with Crippen LogP contribution >= 0.6 is 0 Å². The first kappa shape index (κ1) is 11.7. The van der Waals surface area contributed by atoms with Crippen LogP contribution in [0.3, 0.4) is 0 Å². The predicted molar refractivity (Wildman–Crippen MR) is 64.8 cm³/mol. The SMILES string of the molecule is Cn1nccc1CCOc1ccccc1CO. The van der Waals surface area contributed by atoms with E-state index in [0.29, 0.717) is 6.61 Å². The van der Waals surface area contributed by atoms with Gasteiger partial charge in [0.05, 0.1) is 13.2 Å². The maximum Gasteiger partial charge on any atom is 0.124 e. The zero-order valence-corrected chi connectivity index (χ0v) is 9.84. The van der Waals surface area contributed by atoms with Gasteiger partial charge in [0.2, 0.25) is 0 Å². The summed E-state index contributed by atoms with van der Waals surface area (Å²) in [5.41, 5.74) is 1.95. The fraction of sp³-hybridized carbons (Fsp3) is 0.308. The fourth-order valence-electron chi connectivity index (χ4n) is 1.69. The van der Waals surface area contributed by atoms with E-state index in [1.807, 2.05) is 42.1 Å². The van der Waals surface area contributed by atoms with Gasteiger partial charge in [-0.25, -0.2) is 0 Å². The molecule has 1 aromatic carbocycles. The van der Waals surface area contributed by atoms with Crippen LogP contribution in [0.25, 0.3) is 0 Å². The zero-order valence-electron chi connectivity index (χ0n) is 9.84. The third-order valence-corrected chi connectivity index (χ3v) is 2.68. The summed E-state index contributed by atoms with van der Waals surface area (Å²) in [6.45, 7) is 0.582. The van der Waals surface area contributed by atoms with Crippen molar-refractivity contribution >= 4 is 0 Å². The summed E-state index contributed by atoms with van der Waals surface area (Å²) in [4.78, 5) is 0. The van der Waals surface area contributed by atoms with Gasteiger partial charge in [-0.1, -0.05) is 18.2 Å². The second-order valence-corrected chi connectivity index (χ2v) is 3.81. The number of aromatic nitrogens is 2. The van der Waals surface area contributed by atoms with Gasteiger partial charge >= 0.3 is 0 Å². The third-order valence-electron chi connectivity index (χ3n) is 2.68. The second-order valence-electron chi connectivity index (χ2n) is 3.81. The van der Waals surface area contributed by atoms with E-state index in [2.05, 4.69) is 5.10 Å². The van der Waals surface area contributed by atoms with Crippen LogP contribution in [0, 0.1) is 0 Å². The first-order chi connectivity index (χ1) is 8.31. The van der Waals surface area contributed by atoms with Crippen LogP contribution in [0.15, 0.2) is 36.5 Å². The van der Waals surface area contributed by atoms with Crippen molar-refractivity contribution < 1.29 is 9.84 Å². The van der Waals surface area contributed by atoms with Crippen LogP contribution in [-0.2, 0) is 20.1 Å². The van der Waals surface area contributed by atoms with E-state index in [1.54, 1.807) is 6.20 Å². The Morgan fingerprint density at radius 2 is 2.12 bits per heavy atom. The molecule has 2 rings (SSSR count). The Labute approximate surface area is 100 Å². The standard InChI is InChI=1S/C13H16N2O2/c1-15-12(6-8-14-15)7-9-17-13-5-3-2-4-11(13)10-16/h2-6,8,16H,7,9-10H2,1H3. The second kappa shape index (κ2) is 5.50. The van der Waals surface area contributed by atoms with E-state index in [0.717, 1.165) is 23.4 Å². The van der Waals surface area contributed by atoms with E-state index in [4.69, 9.17) is 9.84 Å². The Hall–Kier alpha value is -1.81. The molecule has 17 heavy (non-hydrogen) atoms. The van der Waals surface area contributed by atoms with Crippen molar-refractivity contribution in [2.24, 2.45) is 7.05 Å². The minimum Gasteiger partial charge on any atom is -0.493 e. The highest BCUT2D eigenvalue weighted by molar-refractivity contribution is 5.32. The predicted octanol–water partition coefficient (Wildman–Crippen LogP) is 1.53. The number of hydrogen-bond acceptors (Lipinski definition) is 3. The molecule has 1 heterocycles. The van der Waals surface area contributed by atoms with Gasteiger partial charge in [0.1, 0.15) is 5.75 Å². The van der Waals surface area contributed by atoms with E-state index >= 15 is 0 Å². The van der Waals surface area contributed by atoms with Gasteiger partial charge in [0, 0.05) is 30.9 Å². The molecule has 0 fully saturated rings. The average Bonchev–Trinajstić information content (AvgIpc) is 2.76. The van der Waals surface area contributed by atoms with Crippen molar-refractivity contribution in [2.45, 2.75) is 13.0 Å². The number of hydrogen-bond donors (Lipinski definition) is 1. The number of aryl methyl sites for hydroxylation is 1. The van der Waals surface area contributed by atoms with Crippen LogP contribution < -0.4 is 4.74 Å². The molecule has 4 heteroatoms. The lowest BCUT2D eigenvalue weighted by Crippen LogP contribution is -2.07. The number of para-hydroxylation sites is 1. The molecule has 0 atom stereocenters. The Bertz CT molecular complexity index is 480. The molecular weight excluding hydrogens is 216 g/mol. The van der Waals surface area contributed by atoms with Crippen LogP contribution in [-0.4, -0.2) is 21.5 Å². The molecule has 2 aromatic rings. The number of ether oxygens (including phenoxy) is 1. The molecule has 0 aliphatic carbocycles. The molecule has 1 aromatic heterocycles. The number of nitrogens with zero attached hydrogens (tertiary/aromatic N) is 2. The molecule has 0 aliphatic rings. The van der Waals surface area contributed by atoms with Gasteiger partial charge < -0.3 is 9.84 Å². The lowest BCUT2D eigenvalue weighted by Gasteiger charge is -2.09. The molecule has 0 spiro atoms. The van der Waals surface area contributed by atoms with E-state index in [-0.39, 0.29) is 6.61 Å². The molecule has 0 bridgehead atoms. The molecule has 0 amide bonds. The van der Waals surface area contributed by atoms with Crippen LogP contribution in [0.1, 0.15) is 11.3 Å². The fourth-order valence-corrected chi connectivity index (χ4v) is 1.69. The summed E-state index contributed by atoms with van der Waals surface area (Å²) in [7, 11) is 1.91. The third kappa shape index (κ3) is 2.85. The monoisotopic (exact) mass is 232 g/mol. The Kier molecular flexibility index (Phi) is 3.77. The summed E-state index contributed by atoms with van der Waals surface area (Å²) in [6, 6.07) is 9.49. The average molecular weight is 232 g/mol. The van der Waals surface area contributed by atoms with Gasteiger partial charge in [-0.2, -0.15) is 5.10 Å². The Balaban J connectivity index is 1.92. The minimum atomic E-state index is 0.00187. The summed E-state index contributed by atoms with van der Waals surface area (Å²) >= 11 is 0. The first-order valence-electron chi connectivity index (χ1n) is 5.59. The largest absolute Gasteiger partial charge is 0.493 e. The van der Waals surface area contributed by atoms with E-state index < -0.39 is 0 Å². The minimum absolute atomic E-state index is 0.00187. The van der Waals surface area contributed by atoms with Gasteiger partial charge in [0.15, 0.2) is 0 Å². The van der Waals surface area contributed by atoms with Gasteiger partial charge in [0.25, 0.3) is 0 Å². The van der Waals surface area contributed by atoms with Crippen molar-refractivity contribution in [3.63, 3.8) is 0 Å². The van der Waals surface area contributed by atoms with Crippen molar-refractivity contribution in [2.75, 3.05) is 6.61 Å². The highest BCUT2D eigenvalue weighted by Crippen LogP contribution is 2.17. The van der Waals surface area contributed by atoms with Crippen LogP contribution in [0.2, 0.25) is 0 Å². The number of rotatable bonds is 5. The molecule has 90 valence electrons. The first-order valence-corrected chi connectivity index (χ1v) is 5.59. The lowest BCUT2D eigenvalue weighted by molar-refractivity contribution is 0.263. The van der Waals surface area contributed by atoms with Crippen LogP contribution in [0.5, 0.6) is 5.75 Å². The Morgan fingerprint density at radius 1 is 1.29 bits per heavy atom. The molecule has 0 aliphatic heterocycles. The summed E-state index contributed by atoms with van der Waals surface area (Å²) in [5.74, 6) is 0.747. The maximum absolute atomic E-state index is 9.15. The highest BCUT2D eigenvalue weighted by Gasteiger charge is 2.02. The van der Waals surface area contributed by atoms with Crippen molar-refractivity contribution in [3.05, 3.63) is 47.8 Å². The smallest absolute Gasteiger partial charge is 0.124 e. The molecule has 4 nitrogen and oxygen atoms in total. The van der Waals surface area contributed by atoms with Gasteiger partial charge in [-0.3, -0.25) is 4.68 Å². The number of aliphatic hydroxyl groups excluding tert-OH is 1. The van der Waals surface area contributed by atoms with E-state index in [9.17, 15) is 0 Å². The summed E-state index contributed by atoms with van der Waals surface area (Å²) in [5, 5.41) is 13.2. The van der Waals surface area contributed by atoms with Crippen molar-refractivity contribution in [1.29, 1.82) is 0 Å². The highest BCUT2D eigenvalue weighted by atomic mass is 16.5. The summed E-state index contributed by atoms with van der Waals surface area (Å²) < 4.78 is 7.49.